The fourth-order valence-corrected chi connectivity index (χ4v) is 3.88. The standard InChI is InChI=1S/C22H22BrFN4O/c23-17-7-3-15(4-8-17)12-22(29)25-19-2-1-11-28(14-19)21-13-20(26-27-21)16-5-9-18(24)10-6-16/h3-10,13,19H,1-2,11-12,14H2,(H,25,29)(H,26,27)/t19-/m0/s1. The summed E-state index contributed by atoms with van der Waals surface area (Å²) in [5.74, 6) is 0.621. The Labute approximate surface area is 177 Å². The number of piperidine rings is 1. The summed E-state index contributed by atoms with van der Waals surface area (Å²) in [7, 11) is 0. The summed E-state index contributed by atoms with van der Waals surface area (Å²) in [6.45, 7) is 1.62. The molecule has 1 fully saturated rings. The van der Waals surface area contributed by atoms with Crippen LogP contribution < -0.4 is 10.2 Å². The third-order valence-corrected chi connectivity index (χ3v) is 5.64. The molecule has 1 aromatic heterocycles. The monoisotopic (exact) mass is 456 g/mol. The van der Waals surface area contributed by atoms with Crippen LogP contribution in [0.4, 0.5) is 10.2 Å². The van der Waals surface area contributed by atoms with Crippen LogP contribution in [-0.2, 0) is 11.2 Å². The number of carbonyl (C=O) groups excluding carboxylic acids is 1. The highest BCUT2D eigenvalue weighted by Crippen LogP contribution is 2.24. The molecule has 0 saturated carbocycles. The van der Waals surface area contributed by atoms with E-state index in [1.807, 2.05) is 30.3 Å². The number of nitrogens with one attached hydrogen (secondary N) is 2. The van der Waals surface area contributed by atoms with Crippen molar-refractivity contribution in [2.24, 2.45) is 0 Å². The van der Waals surface area contributed by atoms with Gasteiger partial charge >= 0.3 is 0 Å². The van der Waals surface area contributed by atoms with Crippen molar-refractivity contribution in [2.75, 3.05) is 18.0 Å². The molecule has 1 aliphatic heterocycles. The Morgan fingerprint density at radius 2 is 1.97 bits per heavy atom. The highest BCUT2D eigenvalue weighted by molar-refractivity contribution is 9.10. The molecule has 2 heterocycles. The van der Waals surface area contributed by atoms with Crippen molar-refractivity contribution in [1.82, 2.24) is 15.5 Å². The third-order valence-electron chi connectivity index (χ3n) is 5.11. The topological polar surface area (TPSA) is 61.0 Å². The average Bonchev–Trinajstić information content (AvgIpc) is 3.21. The molecule has 4 rings (SSSR count). The molecule has 0 bridgehead atoms. The number of aromatic amines is 1. The number of halogens is 2. The predicted molar refractivity (Wildman–Crippen MR) is 115 cm³/mol. The fraction of sp³-hybridized carbons (Fsp3) is 0.273. The lowest BCUT2D eigenvalue weighted by Gasteiger charge is -2.33. The number of amides is 1. The predicted octanol–water partition coefficient (Wildman–Crippen LogP) is 4.31. The molecular formula is C22H22BrFN4O. The van der Waals surface area contributed by atoms with Gasteiger partial charge in [-0.1, -0.05) is 28.1 Å². The Kier molecular flexibility index (Phi) is 5.94. The van der Waals surface area contributed by atoms with Crippen molar-refractivity contribution < 1.29 is 9.18 Å². The highest BCUT2D eigenvalue weighted by Gasteiger charge is 2.23. The quantitative estimate of drug-likeness (QED) is 0.601. The Hall–Kier alpha value is -2.67. The molecule has 1 atom stereocenters. The Morgan fingerprint density at radius 1 is 1.21 bits per heavy atom. The van der Waals surface area contributed by atoms with Gasteiger partial charge in [0.1, 0.15) is 5.82 Å². The summed E-state index contributed by atoms with van der Waals surface area (Å²) in [5, 5.41) is 10.6. The smallest absolute Gasteiger partial charge is 0.224 e. The van der Waals surface area contributed by atoms with Gasteiger partial charge in [-0.25, -0.2) is 4.39 Å². The van der Waals surface area contributed by atoms with E-state index in [1.165, 1.54) is 12.1 Å². The maximum Gasteiger partial charge on any atom is 0.224 e. The van der Waals surface area contributed by atoms with Crippen LogP contribution in [0.3, 0.4) is 0 Å². The van der Waals surface area contributed by atoms with E-state index in [0.29, 0.717) is 6.42 Å². The minimum Gasteiger partial charge on any atom is -0.353 e. The molecule has 1 saturated heterocycles. The van der Waals surface area contributed by atoms with Crippen LogP contribution >= 0.6 is 15.9 Å². The molecule has 150 valence electrons. The molecule has 2 aromatic carbocycles. The lowest BCUT2D eigenvalue weighted by atomic mass is 10.0. The van der Waals surface area contributed by atoms with Gasteiger partial charge < -0.3 is 10.2 Å². The third kappa shape index (κ3) is 5.03. The maximum absolute atomic E-state index is 13.1. The largest absolute Gasteiger partial charge is 0.353 e. The molecule has 0 radical (unpaired) electrons. The molecule has 1 amide bonds. The van der Waals surface area contributed by atoms with Crippen LogP contribution in [0.2, 0.25) is 0 Å². The molecule has 0 unspecified atom stereocenters. The molecule has 1 aliphatic rings. The number of aromatic nitrogens is 2. The molecule has 0 spiro atoms. The van der Waals surface area contributed by atoms with E-state index >= 15 is 0 Å². The van der Waals surface area contributed by atoms with Crippen molar-refractivity contribution in [3.05, 3.63) is 70.5 Å². The maximum atomic E-state index is 13.1. The normalized spacial score (nSPS) is 16.6. The Bertz CT molecular complexity index is 971. The molecule has 0 aliphatic carbocycles. The number of rotatable bonds is 5. The SMILES string of the molecule is O=C(Cc1ccc(Br)cc1)N[C@H]1CCCN(c2cc(-c3ccc(F)cc3)[nH]n2)C1. The van der Waals surface area contributed by atoms with Gasteiger partial charge in [-0.05, 0) is 60.4 Å². The summed E-state index contributed by atoms with van der Waals surface area (Å²) >= 11 is 3.41. The van der Waals surface area contributed by atoms with Crippen molar-refractivity contribution in [3.8, 4) is 11.3 Å². The lowest BCUT2D eigenvalue weighted by Crippen LogP contribution is -2.48. The van der Waals surface area contributed by atoms with Gasteiger partial charge in [0.25, 0.3) is 0 Å². The van der Waals surface area contributed by atoms with Crippen molar-refractivity contribution in [1.29, 1.82) is 0 Å². The number of nitrogens with zero attached hydrogens (tertiary/aromatic N) is 2. The van der Waals surface area contributed by atoms with E-state index in [1.54, 1.807) is 12.1 Å². The van der Waals surface area contributed by atoms with E-state index < -0.39 is 0 Å². The molecule has 7 heteroatoms. The summed E-state index contributed by atoms with van der Waals surface area (Å²) in [4.78, 5) is 14.6. The van der Waals surface area contributed by atoms with Crippen LogP contribution in [0.15, 0.2) is 59.1 Å². The van der Waals surface area contributed by atoms with Gasteiger partial charge in [0.15, 0.2) is 5.82 Å². The summed E-state index contributed by atoms with van der Waals surface area (Å²) in [6.07, 6.45) is 2.32. The van der Waals surface area contributed by atoms with E-state index in [-0.39, 0.29) is 17.8 Å². The average molecular weight is 457 g/mol. The van der Waals surface area contributed by atoms with Gasteiger partial charge in [-0.15, -0.1) is 0 Å². The second-order valence-electron chi connectivity index (χ2n) is 7.30. The number of H-pyrrole nitrogens is 1. The molecule has 2 N–H and O–H groups in total. The first-order valence-corrected chi connectivity index (χ1v) is 10.5. The molecular weight excluding hydrogens is 435 g/mol. The first-order chi connectivity index (χ1) is 14.1. The highest BCUT2D eigenvalue weighted by atomic mass is 79.9. The van der Waals surface area contributed by atoms with Gasteiger partial charge in [-0.3, -0.25) is 9.89 Å². The Morgan fingerprint density at radius 3 is 2.72 bits per heavy atom. The van der Waals surface area contributed by atoms with E-state index in [9.17, 15) is 9.18 Å². The van der Waals surface area contributed by atoms with Crippen LogP contribution in [0.25, 0.3) is 11.3 Å². The zero-order valence-electron chi connectivity index (χ0n) is 15.9. The van der Waals surface area contributed by atoms with Crippen molar-refractivity contribution >= 4 is 27.7 Å². The number of hydrogen-bond donors (Lipinski definition) is 2. The van der Waals surface area contributed by atoms with E-state index in [2.05, 4.69) is 36.3 Å². The molecule has 29 heavy (non-hydrogen) atoms. The second-order valence-corrected chi connectivity index (χ2v) is 8.22. The fourth-order valence-electron chi connectivity index (χ4n) is 3.62. The minimum atomic E-state index is -0.258. The van der Waals surface area contributed by atoms with E-state index in [0.717, 1.165) is 53.0 Å². The first kappa shape index (κ1) is 19.6. The summed E-state index contributed by atoms with van der Waals surface area (Å²) in [6, 6.07) is 16.2. The molecule has 5 nitrogen and oxygen atoms in total. The summed E-state index contributed by atoms with van der Waals surface area (Å²) in [5.41, 5.74) is 2.73. The number of carbonyl (C=O) groups is 1. The van der Waals surface area contributed by atoms with Gasteiger partial charge in [-0.2, -0.15) is 5.10 Å². The zero-order chi connectivity index (χ0) is 20.2. The van der Waals surface area contributed by atoms with Crippen molar-refractivity contribution in [2.45, 2.75) is 25.3 Å². The van der Waals surface area contributed by atoms with Crippen LogP contribution in [0.1, 0.15) is 18.4 Å². The summed E-state index contributed by atoms with van der Waals surface area (Å²) < 4.78 is 14.1. The van der Waals surface area contributed by atoms with Crippen LogP contribution in [0, 0.1) is 5.82 Å². The first-order valence-electron chi connectivity index (χ1n) is 9.67. The van der Waals surface area contributed by atoms with Crippen molar-refractivity contribution in [3.63, 3.8) is 0 Å². The Balaban J connectivity index is 1.36. The second kappa shape index (κ2) is 8.78. The van der Waals surface area contributed by atoms with Gasteiger partial charge in [0.05, 0.1) is 12.1 Å². The van der Waals surface area contributed by atoms with Gasteiger partial charge in [0.2, 0.25) is 5.91 Å². The van der Waals surface area contributed by atoms with E-state index in [4.69, 9.17) is 0 Å². The molecule has 3 aromatic rings. The van der Waals surface area contributed by atoms with Crippen LogP contribution in [0.5, 0.6) is 0 Å². The number of benzene rings is 2. The minimum absolute atomic E-state index is 0.0354. The number of hydrogen-bond acceptors (Lipinski definition) is 3. The zero-order valence-corrected chi connectivity index (χ0v) is 17.5. The lowest BCUT2D eigenvalue weighted by molar-refractivity contribution is -0.121. The van der Waals surface area contributed by atoms with Crippen LogP contribution in [-0.4, -0.2) is 35.2 Å². The van der Waals surface area contributed by atoms with Gasteiger partial charge in [0, 0.05) is 29.7 Å². The number of anilines is 1.